The molecule has 2 rings (SSSR count). The van der Waals surface area contributed by atoms with Crippen molar-refractivity contribution in [2.45, 2.75) is 19.1 Å². The Kier molecular flexibility index (Phi) is 6.14. The summed E-state index contributed by atoms with van der Waals surface area (Å²) in [6.45, 7) is 0.130. The van der Waals surface area contributed by atoms with Crippen LogP contribution in [0, 0.1) is 5.82 Å². The average molecular weight is 333 g/mol. The van der Waals surface area contributed by atoms with Crippen molar-refractivity contribution in [1.29, 1.82) is 0 Å². The Labute approximate surface area is 140 Å². The highest BCUT2D eigenvalue weighted by molar-refractivity contribution is 5.75. The molecule has 128 valence electrons. The molecule has 0 saturated carbocycles. The monoisotopic (exact) mass is 333 g/mol. The Morgan fingerprint density at radius 3 is 2.58 bits per heavy atom. The van der Waals surface area contributed by atoms with E-state index in [0.717, 1.165) is 11.1 Å². The maximum atomic E-state index is 13.6. The number of esters is 1. The molecule has 0 spiro atoms. The minimum Gasteiger partial charge on any atom is -0.496 e. The van der Waals surface area contributed by atoms with Gasteiger partial charge in [0.15, 0.2) is 11.6 Å². The lowest BCUT2D eigenvalue weighted by Crippen LogP contribution is -2.33. The molecule has 0 saturated heterocycles. The van der Waals surface area contributed by atoms with Crippen LogP contribution in [0.5, 0.6) is 11.5 Å². The van der Waals surface area contributed by atoms with Crippen LogP contribution in [-0.2, 0) is 22.6 Å². The number of hydrogen-bond acceptors (Lipinski definition) is 5. The van der Waals surface area contributed by atoms with E-state index in [1.54, 1.807) is 31.4 Å². The van der Waals surface area contributed by atoms with E-state index in [2.05, 4.69) is 4.74 Å². The van der Waals surface area contributed by atoms with Gasteiger partial charge in [-0.2, -0.15) is 0 Å². The van der Waals surface area contributed by atoms with Crippen LogP contribution in [0.3, 0.4) is 0 Å². The molecule has 2 N–H and O–H groups in total. The van der Waals surface area contributed by atoms with Crippen molar-refractivity contribution in [3.05, 3.63) is 59.4 Å². The van der Waals surface area contributed by atoms with Gasteiger partial charge in [-0.05, 0) is 36.2 Å². The standard InChI is InChI=1S/C18H20FNO4/c1-22-16-8-7-12(10-15(20)18(21)23-2)9-13(16)11-24-17-6-4-3-5-14(17)19/h3-9,15H,10-11,20H2,1-2H3. The molecule has 1 atom stereocenters. The molecule has 0 heterocycles. The topological polar surface area (TPSA) is 70.8 Å². The van der Waals surface area contributed by atoms with Gasteiger partial charge in [0.2, 0.25) is 0 Å². The molecule has 1 unspecified atom stereocenters. The van der Waals surface area contributed by atoms with Gasteiger partial charge in [0.25, 0.3) is 0 Å². The van der Waals surface area contributed by atoms with E-state index >= 15 is 0 Å². The fourth-order valence-corrected chi connectivity index (χ4v) is 2.28. The van der Waals surface area contributed by atoms with E-state index in [4.69, 9.17) is 15.2 Å². The number of ether oxygens (including phenoxy) is 3. The Morgan fingerprint density at radius 1 is 1.17 bits per heavy atom. The maximum Gasteiger partial charge on any atom is 0.322 e. The van der Waals surface area contributed by atoms with E-state index < -0.39 is 17.8 Å². The third-order valence-electron chi connectivity index (χ3n) is 3.52. The summed E-state index contributed by atoms with van der Waals surface area (Å²) in [6.07, 6.45) is 0.323. The van der Waals surface area contributed by atoms with Crippen LogP contribution in [0.25, 0.3) is 0 Å². The molecule has 0 bridgehead atoms. The van der Waals surface area contributed by atoms with Gasteiger partial charge in [-0.15, -0.1) is 0 Å². The van der Waals surface area contributed by atoms with E-state index in [1.807, 2.05) is 12.1 Å². The number of halogens is 1. The molecule has 0 amide bonds. The Hall–Kier alpha value is -2.60. The van der Waals surface area contributed by atoms with Crippen LogP contribution in [0.4, 0.5) is 4.39 Å². The van der Waals surface area contributed by atoms with Gasteiger partial charge in [0, 0.05) is 5.56 Å². The summed E-state index contributed by atoms with van der Waals surface area (Å²) < 4.78 is 29.1. The zero-order chi connectivity index (χ0) is 17.5. The number of para-hydroxylation sites is 1. The number of nitrogens with two attached hydrogens (primary N) is 1. The highest BCUT2D eigenvalue weighted by Crippen LogP contribution is 2.24. The Morgan fingerprint density at radius 2 is 1.92 bits per heavy atom. The molecular weight excluding hydrogens is 313 g/mol. The van der Waals surface area contributed by atoms with Crippen molar-refractivity contribution in [3.63, 3.8) is 0 Å². The lowest BCUT2D eigenvalue weighted by atomic mass is 10.0. The third kappa shape index (κ3) is 4.45. The largest absolute Gasteiger partial charge is 0.496 e. The van der Waals surface area contributed by atoms with Crippen LogP contribution in [-0.4, -0.2) is 26.2 Å². The number of benzene rings is 2. The van der Waals surface area contributed by atoms with Crippen LogP contribution in [0.15, 0.2) is 42.5 Å². The second-order valence-electron chi connectivity index (χ2n) is 5.20. The van der Waals surface area contributed by atoms with Gasteiger partial charge in [-0.25, -0.2) is 4.39 Å². The number of rotatable bonds is 7. The first-order valence-electron chi connectivity index (χ1n) is 7.41. The summed E-state index contributed by atoms with van der Waals surface area (Å²) in [5.41, 5.74) is 7.34. The predicted octanol–water partition coefficient (Wildman–Crippen LogP) is 2.46. The van der Waals surface area contributed by atoms with Gasteiger partial charge in [-0.1, -0.05) is 18.2 Å². The number of carbonyl (C=O) groups excluding carboxylic acids is 1. The number of methoxy groups -OCH3 is 2. The minimum absolute atomic E-state index is 0.130. The van der Waals surface area contributed by atoms with E-state index in [1.165, 1.54) is 13.2 Å². The van der Waals surface area contributed by atoms with Crippen LogP contribution in [0.2, 0.25) is 0 Å². The predicted molar refractivity (Wildman–Crippen MR) is 87.4 cm³/mol. The SMILES string of the molecule is COC(=O)C(N)Cc1ccc(OC)c(COc2ccccc2F)c1. The van der Waals surface area contributed by atoms with Crippen LogP contribution in [0.1, 0.15) is 11.1 Å². The Bertz CT molecular complexity index is 705. The lowest BCUT2D eigenvalue weighted by Gasteiger charge is -2.14. The maximum absolute atomic E-state index is 13.6. The van der Waals surface area contributed by atoms with Crippen molar-refractivity contribution < 1.29 is 23.4 Å². The first-order chi connectivity index (χ1) is 11.5. The minimum atomic E-state index is -0.747. The van der Waals surface area contributed by atoms with Gasteiger partial charge < -0.3 is 19.9 Å². The first kappa shape index (κ1) is 17.7. The molecule has 2 aromatic rings. The van der Waals surface area contributed by atoms with Crippen molar-refractivity contribution in [2.75, 3.05) is 14.2 Å². The summed E-state index contributed by atoms with van der Waals surface area (Å²) in [5.74, 6) is -0.131. The highest BCUT2D eigenvalue weighted by Gasteiger charge is 2.15. The van der Waals surface area contributed by atoms with Gasteiger partial charge in [0.1, 0.15) is 18.4 Å². The third-order valence-corrected chi connectivity index (χ3v) is 3.52. The zero-order valence-electron chi connectivity index (χ0n) is 13.6. The van der Waals surface area contributed by atoms with Gasteiger partial charge >= 0.3 is 5.97 Å². The van der Waals surface area contributed by atoms with Crippen molar-refractivity contribution in [2.24, 2.45) is 5.73 Å². The van der Waals surface area contributed by atoms with E-state index in [-0.39, 0.29) is 12.4 Å². The smallest absolute Gasteiger partial charge is 0.322 e. The molecule has 0 aromatic heterocycles. The molecule has 0 fully saturated rings. The fraction of sp³-hybridized carbons (Fsp3) is 0.278. The summed E-state index contributed by atoms with van der Waals surface area (Å²) in [5, 5.41) is 0. The number of carbonyl (C=O) groups is 1. The summed E-state index contributed by atoms with van der Waals surface area (Å²) >= 11 is 0. The quantitative estimate of drug-likeness (QED) is 0.788. The normalized spacial score (nSPS) is 11.7. The first-order valence-corrected chi connectivity index (χ1v) is 7.41. The van der Waals surface area contributed by atoms with Gasteiger partial charge in [-0.3, -0.25) is 4.79 Å². The summed E-state index contributed by atoms with van der Waals surface area (Å²) in [4.78, 5) is 11.4. The zero-order valence-corrected chi connectivity index (χ0v) is 13.6. The molecular formula is C18H20FNO4. The molecule has 0 aliphatic heterocycles. The second kappa shape index (κ2) is 8.31. The molecule has 0 aliphatic carbocycles. The number of hydrogen-bond donors (Lipinski definition) is 1. The van der Waals surface area contributed by atoms with Crippen molar-refractivity contribution in [3.8, 4) is 11.5 Å². The molecule has 0 aliphatic rings. The second-order valence-corrected chi connectivity index (χ2v) is 5.20. The average Bonchev–Trinajstić information content (AvgIpc) is 2.60. The molecule has 5 nitrogen and oxygen atoms in total. The molecule has 0 radical (unpaired) electrons. The summed E-state index contributed by atoms with van der Waals surface area (Å²) in [6, 6.07) is 10.8. The lowest BCUT2D eigenvalue weighted by molar-refractivity contribution is -0.142. The molecule has 6 heteroatoms. The Balaban J connectivity index is 2.14. The molecule has 2 aromatic carbocycles. The fourth-order valence-electron chi connectivity index (χ4n) is 2.28. The summed E-state index contributed by atoms with van der Waals surface area (Å²) in [7, 11) is 2.84. The van der Waals surface area contributed by atoms with Crippen LogP contribution < -0.4 is 15.2 Å². The highest BCUT2D eigenvalue weighted by atomic mass is 19.1. The van der Waals surface area contributed by atoms with Crippen molar-refractivity contribution in [1.82, 2.24) is 0 Å². The van der Waals surface area contributed by atoms with E-state index in [9.17, 15) is 9.18 Å². The molecule has 24 heavy (non-hydrogen) atoms. The van der Waals surface area contributed by atoms with E-state index in [0.29, 0.717) is 12.2 Å². The van der Waals surface area contributed by atoms with Gasteiger partial charge in [0.05, 0.1) is 14.2 Å². The van der Waals surface area contributed by atoms with Crippen LogP contribution >= 0.6 is 0 Å². The van der Waals surface area contributed by atoms with Crippen molar-refractivity contribution >= 4 is 5.97 Å².